The summed E-state index contributed by atoms with van der Waals surface area (Å²) in [4.78, 5) is 2.41. The molecule has 1 spiro atoms. The third-order valence-corrected chi connectivity index (χ3v) is 7.32. The van der Waals surface area contributed by atoms with E-state index in [-0.39, 0.29) is 11.9 Å². The number of nitrogens with zero attached hydrogens (tertiary/aromatic N) is 1. The quantitative estimate of drug-likeness (QED) is 0.561. The van der Waals surface area contributed by atoms with Crippen LogP contribution in [-0.2, 0) is 14.2 Å². The van der Waals surface area contributed by atoms with Crippen molar-refractivity contribution in [2.45, 2.75) is 103 Å². The molecular formula is C24H45NO3. The van der Waals surface area contributed by atoms with Gasteiger partial charge in [-0.05, 0) is 69.2 Å². The second kappa shape index (κ2) is 9.76. The van der Waals surface area contributed by atoms with Gasteiger partial charge in [0.05, 0.1) is 18.8 Å². The van der Waals surface area contributed by atoms with Crippen LogP contribution in [0.4, 0.5) is 0 Å². The Hall–Kier alpha value is -0.160. The molecule has 3 aliphatic rings. The molecule has 2 aliphatic heterocycles. The number of ether oxygens (including phenoxy) is 3. The van der Waals surface area contributed by atoms with Gasteiger partial charge in [-0.15, -0.1) is 0 Å². The van der Waals surface area contributed by atoms with Crippen molar-refractivity contribution in [3.63, 3.8) is 0 Å². The highest BCUT2D eigenvalue weighted by Gasteiger charge is 2.46. The molecule has 28 heavy (non-hydrogen) atoms. The summed E-state index contributed by atoms with van der Waals surface area (Å²) in [5.74, 6) is 1.29. The zero-order valence-corrected chi connectivity index (χ0v) is 19.2. The van der Waals surface area contributed by atoms with Crippen molar-refractivity contribution in [1.29, 1.82) is 0 Å². The van der Waals surface area contributed by atoms with Crippen LogP contribution >= 0.6 is 0 Å². The second-order valence-corrected chi connectivity index (χ2v) is 10.9. The van der Waals surface area contributed by atoms with Crippen molar-refractivity contribution in [3.8, 4) is 0 Å². The fourth-order valence-electron chi connectivity index (χ4n) is 5.83. The summed E-state index contributed by atoms with van der Waals surface area (Å²) >= 11 is 0. The highest BCUT2D eigenvalue weighted by Crippen LogP contribution is 2.48. The Bertz CT molecular complexity index is 464. The van der Waals surface area contributed by atoms with E-state index >= 15 is 0 Å². The Morgan fingerprint density at radius 3 is 2.46 bits per heavy atom. The SMILES string of the molecule is CC(C)CC(C)(C)C1CCC2(CC1)OCC(CCN(C)CC1CCCCO1)O2. The van der Waals surface area contributed by atoms with Gasteiger partial charge in [-0.1, -0.05) is 27.7 Å². The van der Waals surface area contributed by atoms with E-state index in [0.717, 1.165) is 57.4 Å². The van der Waals surface area contributed by atoms with Crippen molar-refractivity contribution in [2.24, 2.45) is 17.3 Å². The van der Waals surface area contributed by atoms with Gasteiger partial charge in [0.2, 0.25) is 0 Å². The van der Waals surface area contributed by atoms with Crippen LogP contribution < -0.4 is 0 Å². The van der Waals surface area contributed by atoms with Crippen LogP contribution in [-0.4, -0.2) is 56.2 Å². The zero-order chi connectivity index (χ0) is 20.2. The number of likely N-dealkylation sites (N-methyl/N-ethyl adjacent to an activating group) is 1. The zero-order valence-electron chi connectivity index (χ0n) is 19.2. The van der Waals surface area contributed by atoms with E-state index in [1.165, 1.54) is 38.5 Å². The summed E-state index contributed by atoms with van der Waals surface area (Å²) in [5.41, 5.74) is 0.428. The summed E-state index contributed by atoms with van der Waals surface area (Å²) in [6.45, 7) is 13.4. The normalized spacial score (nSPS) is 34.6. The third-order valence-electron chi connectivity index (χ3n) is 7.32. The molecule has 2 unspecified atom stereocenters. The van der Waals surface area contributed by atoms with E-state index in [1.807, 2.05) is 0 Å². The smallest absolute Gasteiger partial charge is 0.168 e. The van der Waals surface area contributed by atoms with Crippen LogP contribution in [0, 0.1) is 17.3 Å². The molecule has 2 saturated heterocycles. The lowest BCUT2D eigenvalue weighted by atomic mass is 9.66. The Morgan fingerprint density at radius 2 is 1.82 bits per heavy atom. The van der Waals surface area contributed by atoms with Crippen LogP contribution in [0.15, 0.2) is 0 Å². The van der Waals surface area contributed by atoms with Crippen molar-refractivity contribution >= 4 is 0 Å². The largest absolute Gasteiger partial charge is 0.377 e. The molecule has 2 heterocycles. The highest BCUT2D eigenvalue weighted by atomic mass is 16.7. The summed E-state index contributed by atoms with van der Waals surface area (Å²) in [6.07, 6.45) is 11.4. The molecule has 0 bridgehead atoms. The molecule has 0 radical (unpaired) electrons. The molecule has 0 aromatic rings. The van der Waals surface area contributed by atoms with Crippen LogP contribution in [0.2, 0.25) is 0 Å². The van der Waals surface area contributed by atoms with E-state index < -0.39 is 0 Å². The average molecular weight is 396 g/mol. The van der Waals surface area contributed by atoms with Gasteiger partial charge in [0, 0.05) is 32.5 Å². The van der Waals surface area contributed by atoms with Gasteiger partial charge >= 0.3 is 0 Å². The van der Waals surface area contributed by atoms with E-state index in [1.54, 1.807) is 0 Å². The van der Waals surface area contributed by atoms with Gasteiger partial charge < -0.3 is 19.1 Å². The Balaban J connectivity index is 1.38. The fourth-order valence-corrected chi connectivity index (χ4v) is 5.83. The summed E-state index contributed by atoms with van der Waals surface area (Å²) in [6, 6.07) is 0. The minimum atomic E-state index is -0.278. The van der Waals surface area contributed by atoms with Crippen molar-refractivity contribution < 1.29 is 14.2 Å². The van der Waals surface area contributed by atoms with Crippen molar-refractivity contribution in [1.82, 2.24) is 4.90 Å². The van der Waals surface area contributed by atoms with Gasteiger partial charge in [-0.2, -0.15) is 0 Å². The minimum absolute atomic E-state index is 0.259. The van der Waals surface area contributed by atoms with Crippen LogP contribution in [0.3, 0.4) is 0 Å². The molecule has 164 valence electrons. The average Bonchev–Trinajstić information content (AvgIpc) is 3.03. The van der Waals surface area contributed by atoms with Crippen LogP contribution in [0.5, 0.6) is 0 Å². The van der Waals surface area contributed by atoms with E-state index in [2.05, 4.69) is 39.6 Å². The molecule has 3 rings (SSSR count). The molecule has 4 nitrogen and oxygen atoms in total. The first-order valence-corrected chi connectivity index (χ1v) is 11.9. The number of rotatable bonds is 8. The van der Waals surface area contributed by atoms with Gasteiger partial charge in [-0.3, -0.25) is 0 Å². The van der Waals surface area contributed by atoms with E-state index in [9.17, 15) is 0 Å². The van der Waals surface area contributed by atoms with E-state index in [4.69, 9.17) is 14.2 Å². The van der Waals surface area contributed by atoms with E-state index in [0.29, 0.717) is 11.5 Å². The molecule has 0 aromatic carbocycles. The molecule has 2 atom stereocenters. The first kappa shape index (κ1) is 22.5. The molecule has 0 N–H and O–H groups in total. The highest BCUT2D eigenvalue weighted by molar-refractivity contribution is 4.90. The molecule has 3 fully saturated rings. The first-order chi connectivity index (χ1) is 13.3. The molecule has 4 heteroatoms. The monoisotopic (exact) mass is 395 g/mol. The second-order valence-electron chi connectivity index (χ2n) is 10.9. The molecule has 0 amide bonds. The predicted octanol–water partition coefficient (Wildman–Crippen LogP) is 5.25. The Kier molecular flexibility index (Phi) is 7.86. The molecule has 1 saturated carbocycles. The van der Waals surface area contributed by atoms with Gasteiger partial charge in [0.1, 0.15) is 0 Å². The summed E-state index contributed by atoms with van der Waals surface area (Å²) in [5, 5.41) is 0. The molecular weight excluding hydrogens is 350 g/mol. The maximum Gasteiger partial charge on any atom is 0.168 e. The summed E-state index contributed by atoms with van der Waals surface area (Å²) in [7, 11) is 2.21. The van der Waals surface area contributed by atoms with Crippen LogP contribution in [0.25, 0.3) is 0 Å². The lowest BCUT2D eigenvalue weighted by molar-refractivity contribution is -0.198. The van der Waals surface area contributed by atoms with Gasteiger partial charge in [-0.25, -0.2) is 0 Å². The lowest BCUT2D eigenvalue weighted by Gasteiger charge is -2.43. The summed E-state index contributed by atoms with van der Waals surface area (Å²) < 4.78 is 18.6. The topological polar surface area (TPSA) is 30.9 Å². The maximum atomic E-state index is 6.49. The molecule has 1 aliphatic carbocycles. The maximum absolute atomic E-state index is 6.49. The predicted molar refractivity (Wildman–Crippen MR) is 114 cm³/mol. The Labute approximate surface area is 173 Å². The van der Waals surface area contributed by atoms with Crippen molar-refractivity contribution in [3.05, 3.63) is 0 Å². The third kappa shape index (κ3) is 6.17. The number of hydrogen-bond donors (Lipinski definition) is 0. The number of hydrogen-bond acceptors (Lipinski definition) is 4. The standard InChI is InChI=1S/C24H45NO3/c1-19(2)16-23(3,4)20-9-12-24(13-10-20)27-18-22(28-24)11-14-25(5)17-21-8-6-7-15-26-21/h19-22H,6-18H2,1-5H3. The first-order valence-electron chi connectivity index (χ1n) is 11.9. The van der Waals surface area contributed by atoms with Crippen LogP contribution in [0.1, 0.15) is 85.5 Å². The minimum Gasteiger partial charge on any atom is -0.377 e. The lowest BCUT2D eigenvalue weighted by Crippen LogP contribution is -2.40. The Morgan fingerprint density at radius 1 is 1.07 bits per heavy atom. The van der Waals surface area contributed by atoms with Gasteiger partial charge in [0.15, 0.2) is 5.79 Å². The van der Waals surface area contributed by atoms with Gasteiger partial charge in [0.25, 0.3) is 0 Å². The fraction of sp³-hybridized carbons (Fsp3) is 1.00. The molecule has 0 aromatic heterocycles. The van der Waals surface area contributed by atoms with Crippen molar-refractivity contribution in [2.75, 3.05) is 33.4 Å².